The average molecular weight is 384 g/mol. The van der Waals surface area contributed by atoms with Gasteiger partial charge in [-0.25, -0.2) is 9.18 Å². The zero-order valence-electron chi connectivity index (χ0n) is 16.4. The van der Waals surface area contributed by atoms with Crippen LogP contribution in [0.2, 0.25) is 0 Å². The minimum atomic E-state index is -0.268. The second-order valence-electron chi connectivity index (χ2n) is 6.99. The first-order valence-electron chi connectivity index (χ1n) is 9.28. The second-order valence-corrected chi connectivity index (χ2v) is 6.99. The normalized spacial score (nSPS) is 20.0. The van der Waals surface area contributed by atoms with E-state index < -0.39 is 0 Å². The fourth-order valence-corrected chi connectivity index (χ4v) is 3.43. The van der Waals surface area contributed by atoms with E-state index in [0.29, 0.717) is 24.7 Å². The Bertz CT molecular complexity index is 849. The van der Waals surface area contributed by atoms with Gasteiger partial charge >= 0.3 is 0 Å². The lowest BCUT2D eigenvalue weighted by molar-refractivity contribution is 0.0285. The molecule has 0 bridgehead atoms. The summed E-state index contributed by atoms with van der Waals surface area (Å²) in [4.78, 5) is 15.9. The molecule has 5 nitrogen and oxygen atoms in total. The molecule has 28 heavy (non-hydrogen) atoms. The molecule has 0 saturated carbocycles. The Kier molecular flexibility index (Phi) is 6.34. The lowest BCUT2D eigenvalue weighted by atomic mass is 10.0. The van der Waals surface area contributed by atoms with Crippen molar-refractivity contribution in [1.82, 2.24) is 9.80 Å². The maximum atomic E-state index is 13.2. The van der Waals surface area contributed by atoms with Crippen LogP contribution in [-0.4, -0.2) is 48.2 Å². The number of piperazine rings is 1. The van der Waals surface area contributed by atoms with Gasteiger partial charge in [0.05, 0.1) is 13.2 Å². The third-order valence-electron chi connectivity index (χ3n) is 5.09. The monoisotopic (exact) mass is 384 g/mol. The van der Waals surface area contributed by atoms with Crippen molar-refractivity contribution in [3.8, 4) is 11.5 Å². The highest BCUT2D eigenvalue weighted by Crippen LogP contribution is 2.26. The molecule has 1 fully saturated rings. The maximum Gasteiger partial charge on any atom is 0.147 e. The Morgan fingerprint density at radius 1 is 1.14 bits per heavy atom. The van der Waals surface area contributed by atoms with Crippen LogP contribution in [0.1, 0.15) is 19.4 Å². The van der Waals surface area contributed by atoms with Crippen molar-refractivity contribution >= 4 is 5.94 Å². The summed E-state index contributed by atoms with van der Waals surface area (Å²) in [6, 6.07) is 13.7. The summed E-state index contributed by atoms with van der Waals surface area (Å²) in [5.41, 5.74) is 1.53. The van der Waals surface area contributed by atoms with Crippen LogP contribution >= 0.6 is 0 Å². The van der Waals surface area contributed by atoms with E-state index in [4.69, 9.17) is 9.47 Å². The number of benzene rings is 2. The van der Waals surface area contributed by atoms with Gasteiger partial charge < -0.3 is 14.4 Å². The van der Waals surface area contributed by atoms with E-state index >= 15 is 0 Å². The molecule has 3 rings (SSSR count). The molecule has 0 aliphatic carbocycles. The Hall–Kier alpha value is -2.82. The predicted octanol–water partition coefficient (Wildman–Crippen LogP) is 3.48. The van der Waals surface area contributed by atoms with Crippen LogP contribution in [0, 0.1) is 5.82 Å². The number of hydrogen-bond donors (Lipinski definition) is 0. The zero-order chi connectivity index (χ0) is 20.1. The largest absolute Gasteiger partial charge is 0.497 e. The molecule has 0 aromatic heterocycles. The van der Waals surface area contributed by atoms with Crippen LogP contribution in [0.25, 0.3) is 0 Å². The molecule has 2 aromatic rings. The predicted molar refractivity (Wildman–Crippen MR) is 105 cm³/mol. The van der Waals surface area contributed by atoms with Crippen molar-refractivity contribution < 1.29 is 18.7 Å². The number of rotatable bonds is 6. The SMILES string of the molecule is COc1cccc(OCN2C[C@@H](C)N(Cc3ccc(F)cc3)C(=C=O)[C@@H]2C)c1. The summed E-state index contributed by atoms with van der Waals surface area (Å²) in [6.07, 6.45) is 0. The first kappa shape index (κ1) is 19.9. The summed E-state index contributed by atoms with van der Waals surface area (Å²) in [5.74, 6) is 3.29. The van der Waals surface area contributed by atoms with Gasteiger partial charge in [-0.2, -0.15) is 0 Å². The molecule has 0 unspecified atom stereocenters. The van der Waals surface area contributed by atoms with Gasteiger partial charge in [-0.15, -0.1) is 0 Å². The molecule has 0 radical (unpaired) electrons. The molecule has 0 spiro atoms. The fourth-order valence-electron chi connectivity index (χ4n) is 3.43. The van der Waals surface area contributed by atoms with Gasteiger partial charge in [0.15, 0.2) is 0 Å². The fraction of sp³-hybridized carbons (Fsp3) is 0.364. The highest BCUT2D eigenvalue weighted by Gasteiger charge is 2.34. The molecule has 1 saturated heterocycles. The summed E-state index contributed by atoms with van der Waals surface area (Å²) in [7, 11) is 1.62. The van der Waals surface area contributed by atoms with Gasteiger partial charge in [0, 0.05) is 25.2 Å². The van der Waals surface area contributed by atoms with Gasteiger partial charge in [0.1, 0.15) is 35.7 Å². The van der Waals surface area contributed by atoms with Crippen molar-refractivity contribution in [2.75, 3.05) is 20.4 Å². The first-order chi connectivity index (χ1) is 13.5. The number of methoxy groups -OCH3 is 1. The second kappa shape index (κ2) is 8.91. The van der Waals surface area contributed by atoms with Crippen molar-refractivity contribution in [3.05, 3.63) is 65.6 Å². The molecule has 2 aromatic carbocycles. The summed E-state index contributed by atoms with van der Waals surface area (Å²) < 4.78 is 24.3. The molecule has 6 heteroatoms. The summed E-state index contributed by atoms with van der Waals surface area (Å²) in [5, 5.41) is 0. The van der Waals surface area contributed by atoms with Crippen LogP contribution < -0.4 is 9.47 Å². The molecule has 148 valence electrons. The molecule has 1 aliphatic heterocycles. The molecular formula is C22H25FN2O3. The molecule has 2 atom stereocenters. The highest BCUT2D eigenvalue weighted by molar-refractivity contribution is 5.54. The van der Waals surface area contributed by atoms with Gasteiger partial charge in [0.2, 0.25) is 0 Å². The third-order valence-corrected chi connectivity index (χ3v) is 5.09. The number of nitrogens with zero attached hydrogens (tertiary/aromatic N) is 2. The molecule has 0 amide bonds. The van der Waals surface area contributed by atoms with Crippen molar-refractivity contribution in [3.63, 3.8) is 0 Å². The standard InChI is InChI=1S/C22H25FN2O3/c1-16-12-24(15-28-21-6-4-5-20(11-21)27-3)17(2)22(14-26)25(16)13-18-7-9-19(23)10-8-18/h4-11,16-17H,12-13,15H2,1-3H3/t16-,17+/m1/s1. The van der Waals surface area contributed by atoms with E-state index in [0.717, 1.165) is 17.9 Å². The smallest absolute Gasteiger partial charge is 0.147 e. The van der Waals surface area contributed by atoms with E-state index in [1.54, 1.807) is 19.2 Å². The molecule has 1 aliphatic rings. The Morgan fingerprint density at radius 2 is 1.86 bits per heavy atom. The van der Waals surface area contributed by atoms with E-state index in [1.807, 2.05) is 36.1 Å². The minimum absolute atomic E-state index is 0.0895. The zero-order valence-corrected chi connectivity index (χ0v) is 16.4. The molecule has 1 heterocycles. The Morgan fingerprint density at radius 3 is 2.54 bits per heavy atom. The average Bonchev–Trinajstić information content (AvgIpc) is 2.71. The minimum Gasteiger partial charge on any atom is -0.497 e. The van der Waals surface area contributed by atoms with Crippen LogP contribution in [0.3, 0.4) is 0 Å². The van der Waals surface area contributed by atoms with Crippen LogP contribution in [0.15, 0.2) is 54.2 Å². The van der Waals surface area contributed by atoms with Crippen molar-refractivity contribution in [2.45, 2.75) is 32.5 Å². The van der Waals surface area contributed by atoms with Crippen LogP contribution in [-0.2, 0) is 11.3 Å². The van der Waals surface area contributed by atoms with E-state index in [9.17, 15) is 9.18 Å². The van der Waals surface area contributed by atoms with Gasteiger partial charge in [-0.3, -0.25) is 4.90 Å². The molecular weight excluding hydrogens is 359 g/mol. The van der Waals surface area contributed by atoms with E-state index in [-0.39, 0.29) is 17.9 Å². The summed E-state index contributed by atoms with van der Waals surface area (Å²) in [6.45, 7) is 5.66. The molecule has 0 N–H and O–H groups in total. The van der Waals surface area contributed by atoms with E-state index in [2.05, 4.69) is 17.8 Å². The lowest BCUT2D eigenvalue weighted by Crippen LogP contribution is -2.55. The van der Waals surface area contributed by atoms with E-state index in [1.165, 1.54) is 12.1 Å². The Labute approximate surface area is 165 Å². The number of halogens is 1. The maximum absolute atomic E-state index is 13.2. The van der Waals surface area contributed by atoms with Crippen molar-refractivity contribution in [2.24, 2.45) is 0 Å². The summed E-state index contributed by atoms with van der Waals surface area (Å²) >= 11 is 0. The number of carbonyl (C=O) groups excluding carboxylic acids is 1. The number of hydrogen-bond acceptors (Lipinski definition) is 5. The van der Waals surface area contributed by atoms with Gasteiger partial charge in [0.25, 0.3) is 0 Å². The quantitative estimate of drug-likeness (QED) is 0.714. The highest BCUT2D eigenvalue weighted by atomic mass is 19.1. The topological polar surface area (TPSA) is 42.0 Å². The first-order valence-corrected chi connectivity index (χ1v) is 9.28. The van der Waals surface area contributed by atoms with Crippen molar-refractivity contribution in [1.29, 1.82) is 0 Å². The van der Waals surface area contributed by atoms with Gasteiger partial charge in [-0.1, -0.05) is 18.2 Å². The number of ether oxygens (including phenoxy) is 2. The van der Waals surface area contributed by atoms with Crippen LogP contribution in [0.4, 0.5) is 4.39 Å². The van der Waals surface area contributed by atoms with Crippen LogP contribution in [0.5, 0.6) is 11.5 Å². The van der Waals surface area contributed by atoms with Gasteiger partial charge in [-0.05, 0) is 43.7 Å². The third kappa shape index (κ3) is 4.53. The lowest BCUT2D eigenvalue weighted by Gasteiger charge is -2.45. The Balaban J connectivity index is 1.68.